The van der Waals surface area contributed by atoms with Gasteiger partial charge in [0.15, 0.2) is 0 Å². The van der Waals surface area contributed by atoms with E-state index in [2.05, 4.69) is 31.4 Å². The molecule has 0 aliphatic heterocycles. The predicted octanol–water partition coefficient (Wildman–Crippen LogP) is 5.83. The number of hydrazone groups is 1. The van der Waals surface area contributed by atoms with E-state index in [1.165, 1.54) is 12.4 Å². The molecule has 2 heterocycles. The van der Waals surface area contributed by atoms with Gasteiger partial charge in [-0.3, -0.25) is 9.78 Å². The molecule has 0 unspecified atom stereocenters. The van der Waals surface area contributed by atoms with Gasteiger partial charge in [0.2, 0.25) is 0 Å². The Morgan fingerprint density at radius 1 is 1.12 bits per heavy atom. The van der Waals surface area contributed by atoms with Crippen molar-refractivity contribution in [1.82, 2.24) is 10.4 Å². The zero-order valence-electron chi connectivity index (χ0n) is 12.8. The minimum Gasteiger partial charge on any atom is -0.455 e. The highest BCUT2D eigenvalue weighted by Crippen LogP contribution is 2.35. The number of hydrogen-bond donors (Lipinski definition) is 1. The summed E-state index contributed by atoms with van der Waals surface area (Å²) in [5.74, 6) is 0.529. The molecule has 9 heteroatoms. The maximum Gasteiger partial charge on any atom is 0.272 e. The molecule has 132 valence electrons. The molecule has 0 spiro atoms. The van der Waals surface area contributed by atoms with Crippen LogP contribution in [-0.4, -0.2) is 17.1 Å². The first kappa shape index (κ1) is 18.9. The minimum absolute atomic E-state index is 0.360. The number of carbonyl (C=O) groups is 1. The Balaban J connectivity index is 1.72. The van der Waals surface area contributed by atoms with Gasteiger partial charge in [-0.1, -0.05) is 34.8 Å². The maximum atomic E-state index is 12.0. The summed E-state index contributed by atoms with van der Waals surface area (Å²) >= 11 is 21.4. The summed E-state index contributed by atoms with van der Waals surface area (Å²) in [4.78, 5) is 15.9. The molecule has 0 saturated carbocycles. The number of amides is 1. The average Bonchev–Trinajstić information content (AvgIpc) is 3.06. The zero-order valence-corrected chi connectivity index (χ0v) is 16.7. The third kappa shape index (κ3) is 4.45. The average molecular weight is 474 g/mol. The van der Waals surface area contributed by atoms with Crippen LogP contribution >= 0.6 is 50.7 Å². The largest absolute Gasteiger partial charge is 0.455 e. The van der Waals surface area contributed by atoms with Crippen molar-refractivity contribution < 1.29 is 9.21 Å². The SMILES string of the molecule is O=C(NN=Cc1ccc(-c2cc(Cl)c(Cl)cc2Cl)o1)c1cncc(Br)c1. The number of carbonyl (C=O) groups excluding carboxylic acids is 1. The molecule has 0 bridgehead atoms. The molecule has 0 atom stereocenters. The lowest BCUT2D eigenvalue weighted by Gasteiger charge is -2.03. The van der Waals surface area contributed by atoms with Crippen LogP contribution in [0.1, 0.15) is 16.1 Å². The first-order valence-electron chi connectivity index (χ1n) is 7.13. The van der Waals surface area contributed by atoms with Gasteiger partial charge in [0.25, 0.3) is 5.91 Å². The fourth-order valence-corrected chi connectivity index (χ4v) is 3.04. The van der Waals surface area contributed by atoms with E-state index in [1.54, 1.807) is 36.5 Å². The second kappa shape index (κ2) is 8.22. The number of aromatic nitrogens is 1. The summed E-state index contributed by atoms with van der Waals surface area (Å²) in [7, 11) is 0. The number of furan rings is 1. The molecule has 1 aromatic carbocycles. The molecule has 26 heavy (non-hydrogen) atoms. The van der Waals surface area contributed by atoms with Gasteiger partial charge in [0.1, 0.15) is 11.5 Å². The third-order valence-electron chi connectivity index (χ3n) is 3.23. The number of nitrogens with zero attached hydrogens (tertiary/aromatic N) is 2. The van der Waals surface area contributed by atoms with E-state index >= 15 is 0 Å². The Labute approximate surface area is 172 Å². The highest BCUT2D eigenvalue weighted by molar-refractivity contribution is 9.10. The Hall–Kier alpha value is -1.86. The van der Waals surface area contributed by atoms with Gasteiger partial charge in [0.05, 0.1) is 26.8 Å². The van der Waals surface area contributed by atoms with E-state index in [0.29, 0.717) is 42.2 Å². The smallest absolute Gasteiger partial charge is 0.272 e. The lowest BCUT2D eigenvalue weighted by atomic mass is 10.2. The molecule has 0 saturated heterocycles. The topological polar surface area (TPSA) is 67.5 Å². The Kier molecular flexibility index (Phi) is 5.98. The molecule has 0 fully saturated rings. The molecule has 5 nitrogen and oxygen atoms in total. The number of hydrogen-bond acceptors (Lipinski definition) is 4. The Morgan fingerprint density at radius 2 is 1.88 bits per heavy atom. The van der Waals surface area contributed by atoms with Crippen molar-refractivity contribution in [2.45, 2.75) is 0 Å². The molecule has 0 aliphatic rings. The van der Waals surface area contributed by atoms with Crippen molar-refractivity contribution in [2.24, 2.45) is 5.10 Å². The quantitative estimate of drug-likeness (QED) is 0.295. The van der Waals surface area contributed by atoms with Crippen LogP contribution in [-0.2, 0) is 0 Å². The molecule has 1 N–H and O–H groups in total. The molecule has 3 rings (SSSR count). The van der Waals surface area contributed by atoms with Crippen LogP contribution in [0.3, 0.4) is 0 Å². The van der Waals surface area contributed by atoms with Crippen LogP contribution in [0.2, 0.25) is 15.1 Å². The summed E-state index contributed by atoms with van der Waals surface area (Å²) in [6, 6.07) is 8.20. The van der Waals surface area contributed by atoms with Crippen LogP contribution in [0, 0.1) is 0 Å². The monoisotopic (exact) mass is 471 g/mol. The lowest BCUT2D eigenvalue weighted by molar-refractivity contribution is 0.0954. The maximum absolute atomic E-state index is 12.0. The van der Waals surface area contributed by atoms with Crippen molar-refractivity contribution in [3.8, 4) is 11.3 Å². The summed E-state index contributed by atoms with van der Waals surface area (Å²) in [6.45, 7) is 0. The number of pyridine rings is 1. The fraction of sp³-hybridized carbons (Fsp3) is 0. The second-order valence-electron chi connectivity index (χ2n) is 5.04. The van der Waals surface area contributed by atoms with Crippen molar-refractivity contribution >= 4 is 62.9 Å². The Morgan fingerprint density at radius 3 is 2.65 bits per heavy atom. The van der Waals surface area contributed by atoms with E-state index in [1.807, 2.05) is 0 Å². The van der Waals surface area contributed by atoms with Gasteiger partial charge in [-0.2, -0.15) is 5.10 Å². The molecular formula is C17H9BrCl3N3O2. The number of halogens is 4. The van der Waals surface area contributed by atoms with Crippen molar-refractivity contribution in [1.29, 1.82) is 0 Å². The predicted molar refractivity (Wildman–Crippen MR) is 106 cm³/mol. The van der Waals surface area contributed by atoms with Crippen LogP contribution in [0.5, 0.6) is 0 Å². The van der Waals surface area contributed by atoms with Crippen LogP contribution in [0.25, 0.3) is 11.3 Å². The van der Waals surface area contributed by atoms with Crippen molar-refractivity contribution in [3.63, 3.8) is 0 Å². The first-order chi connectivity index (χ1) is 12.4. The number of nitrogens with one attached hydrogen (secondary N) is 1. The second-order valence-corrected chi connectivity index (χ2v) is 7.18. The molecule has 3 aromatic rings. The van der Waals surface area contributed by atoms with Gasteiger partial charge in [0, 0.05) is 22.4 Å². The molecule has 0 aliphatic carbocycles. The third-order valence-corrected chi connectivity index (χ3v) is 4.70. The number of rotatable bonds is 4. The van der Waals surface area contributed by atoms with Gasteiger partial charge in [-0.15, -0.1) is 0 Å². The first-order valence-corrected chi connectivity index (χ1v) is 9.05. The van der Waals surface area contributed by atoms with Gasteiger partial charge < -0.3 is 4.42 Å². The molecule has 0 radical (unpaired) electrons. The fourth-order valence-electron chi connectivity index (χ4n) is 2.03. The van der Waals surface area contributed by atoms with E-state index < -0.39 is 5.91 Å². The van der Waals surface area contributed by atoms with Gasteiger partial charge in [-0.25, -0.2) is 5.43 Å². The highest BCUT2D eigenvalue weighted by Gasteiger charge is 2.11. The normalized spacial score (nSPS) is 11.1. The molecular weight excluding hydrogens is 464 g/mol. The molecule has 1 amide bonds. The zero-order chi connectivity index (χ0) is 18.7. The molecule has 2 aromatic heterocycles. The summed E-state index contributed by atoms with van der Waals surface area (Å²) < 4.78 is 6.34. The van der Waals surface area contributed by atoms with Crippen molar-refractivity contribution in [2.75, 3.05) is 0 Å². The van der Waals surface area contributed by atoms with E-state index in [9.17, 15) is 4.79 Å². The van der Waals surface area contributed by atoms with Gasteiger partial charge in [-0.05, 0) is 46.3 Å². The summed E-state index contributed by atoms with van der Waals surface area (Å²) in [5, 5.41) is 5.00. The lowest BCUT2D eigenvalue weighted by Crippen LogP contribution is -2.17. The minimum atomic E-state index is -0.394. The van der Waals surface area contributed by atoms with E-state index in [4.69, 9.17) is 39.2 Å². The van der Waals surface area contributed by atoms with Crippen molar-refractivity contribution in [3.05, 3.63) is 73.6 Å². The Bertz CT molecular complexity index is 1000. The van der Waals surface area contributed by atoms with E-state index in [0.717, 1.165) is 0 Å². The van der Waals surface area contributed by atoms with Gasteiger partial charge >= 0.3 is 0 Å². The van der Waals surface area contributed by atoms with Crippen LogP contribution < -0.4 is 5.43 Å². The van der Waals surface area contributed by atoms with Crippen LogP contribution in [0.15, 0.2) is 56.7 Å². The highest BCUT2D eigenvalue weighted by atomic mass is 79.9. The standard InChI is InChI=1S/C17H9BrCl3N3O2/c18-10-3-9(6-22-7-10)17(25)24-23-8-11-1-2-16(26-11)12-4-14(20)15(21)5-13(12)19/h1-8H,(H,24,25). The number of benzene rings is 1. The van der Waals surface area contributed by atoms with Crippen LogP contribution in [0.4, 0.5) is 0 Å². The summed E-state index contributed by atoms with van der Waals surface area (Å²) in [5.41, 5.74) is 3.37. The van der Waals surface area contributed by atoms with E-state index in [-0.39, 0.29) is 0 Å². The summed E-state index contributed by atoms with van der Waals surface area (Å²) in [6.07, 6.45) is 4.39.